The molecule has 26 heavy (non-hydrogen) atoms. The highest BCUT2D eigenvalue weighted by Gasteiger charge is 2.16. The van der Waals surface area contributed by atoms with Crippen LogP contribution < -0.4 is 0 Å². The van der Waals surface area contributed by atoms with Gasteiger partial charge in [0.1, 0.15) is 11.9 Å². The molecule has 0 N–H and O–H groups in total. The summed E-state index contributed by atoms with van der Waals surface area (Å²) in [6.45, 7) is 11.7. The molecule has 0 saturated heterocycles. The van der Waals surface area contributed by atoms with Crippen LogP contribution in [0.5, 0.6) is 0 Å². The lowest BCUT2D eigenvalue weighted by Gasteiger charge is -2.20. The zero-order chi connectivity index (χ0) is 18.9. The summed E-state index contributed by atoms with van der Waals surface area (Å²) in [4.78, 5) is 15.7. The van der Waals surface area contributed by atoms with Gasteiger partial charge in [0.15, 0.2) is 6.29 Å². The number of carbonyl (C=O) groups is 1. The van der Waals surface area contributed by atoms with Crippen molar-refractivity contribution in [1.29, 1.82) is 0 Å². The number of rotatable bonds is 7. The maximum Gasteiger partial charge on any atom is 0.153 e. The minimum absolute atomic E-state index is 0.0866. The fourth-order valence-electron chi connectivity index (χ4n) is 2.87. The third-order valence-electron chi connectivity index (χ3n) is 4.51. The number of aromatic nitrogens is 4. The average Bonchev–Trinajstić information content (AvgIpc) is 3.16. The van der Waals surface area contributed by atoms with Gasteiger partial charge in [0.25, 0.3) is 0 Å². The minimum Gasteiger partial charge on any atom is -0.359 e. The molecule has 1 atom stereocenters. The fourth-order valence-corrected chi connectivity index (χ4v) is 3.60. The highest BCUT2D eigenvalue weighted by atomic mass is 28.3. The Balaban J connectivity index is 1.89. The monoisotopic (exact) mass is 370 g/mol. The summed E-state index contributed by atoms with van der Waals surface area (Å²) in [7, 11) is -1.11. The Kier molecular flexibility index (Phi) is 5.11. The number of nitrogens with zero attached hydrogens (tertiary/aromatic N) is 4. The first-order valence-corrected chi connectivity index (χ1v) is 12.6. The Morgan fingerprint density at radius 2 is 2.08 bits per heavy atom. The summed E-state index contributed by atoms with van der Waals surface area (Å²) >= 11 is 0. The van der Waals surface area contributed by atoms with E-state index in [1.54, 1.807) is 17.1 Å². The van der Waals surface area contributed by atoms with Crippen molar-refractivity contribution < 1.29 is 9.53 Å². The molecule has 1 unspecified atom stereocenters. The van der Waals surface area contributed by atoms with Crippen LogP contribution in [0.1, 0.15) is 29.2 Å². The van der Waals surface area contributed by atoms with Gasteiger partial charge in [-0.1, -0.05) is 19.6 Å². The van der Waals surface area contributed by atoms with Gasteiger partial charge in [-0.15, -0.1) is 0 Å². The highest BCUT2D eigenvalue weighted by molar-refractivity contribution is 6.76. The number of aryl methyl sites for hydroxylation is 1. The lowest BCUT2D eigenvalue weighted by Crippen LogP contribution is -2.22. The van der Waals surface area contributed by atoms with Crippen LogP contribution in [0.15, 0.2) is 30.7 Å². The summed E-state index contributed by atoms with van der Waals surface area (Å²) in [5, 5.41) is 5.43. The van der Waals surface area contributed by atoms with Gasteiger partial charge < -0.3 is 9.30 Å². The molecule has 6 nitrogen and oxygen atoms in total. The Bertz CT molecular complexity index is 923. The maximum atomic E-state index is 11.1. The quantitative estimate of drug-likeness (QED) is 0.461. The van der Waals surface area contributed by atoms with Crippen LogP contribution in [-0.4, -0.2) is 40.3 Å². The van der Waals surface area contributed by atoms with E-state index in [1.807, 2.05) is 36.7 Å². The van der Waals surface area contributed by atoms with E-state index < -0.39 is 8.07 Å². The SMILES string of the molecule is Cc1nn(-c2ccnc3c2ccn3C(C)OCC[Si](C)(C)C)cc1C=O. The van der Waals surface area contributed by atoms with Gasteiger partial charge >= 0.3 is 0 Å². The van der Waals surface area contributed by atoms with E-state index >= 15 is 0 Å². The van der Waals surface area contributed by atoms with E-state index in [-0.39, 0.29) is 6.23 Å². The Hall–Kier alpha value is -2.25. The first kappa shape index (κ1) is 18.5. The van der Waals surface area contributed by atoms with Gasteiger partial charge in [0.05, 0.1) is 16.9 Å². The largest absolute Gasteiger partial charge is 0.359 e. The number of hydrogen-bond acceptors (Lipinski definition) is 4. The van der Waals surface area contributed by atoms with Crippen LogP contribution in [0, 0.1) is 6.92 Å². The first-order chi connectivity index (χ1) is 12.3. The summed E-state index contributed by atoms with van der Waals surface area (Å²) in [6, 6.07) is 5.06. The van der Waals surface area contributed by atoms with Crippen molar-refractivity contribution in [2.45, 2.75) is 45.8 Å². The summed E-state index contributed by atoms with van der Waals surface area (Å²) in [5.74, 6) is 0. The van der Waals surface area contributed by atoms with E-state index in [0.29, 0.717) is 11.3 Å². The number of hydrogen-bond donors (Lipinski definition) is 0. The molecule has 7 heteroatoms. The molecule has 0 amide bonds. The van der Waals surface area contributed by atoms with Crippen molar-refractivity contribution >= 4 is 25.4 Å². The number of carbonyl (C=O) groups excluding carboxylic acids is 1. The summed E-state index contributed by atoms with van der Waals surface area (Å²) in [5.41, 5.74) is 3.06. The van der Waals surface area contributed by atoms with Gasteiger partial charge in [-0.3, -0.25) is 4.79 Å². The smallest absolute Gasteiger partial charge is 0.153 e. The molecule has 3 rings (SSSR count). The topological polar surface area (TPSA) is 61.9 Å². The molecule has 0 spiro atoms. The molecule has 0 aliphatic heterocycles. The van der Waals surface area contributed by atoms with E-state index in [1.165, 1.54) is 0 Å². The van der Waals surface area contributed by atoms with Gasteiger partial charge in [-0.25, -0.2) is 9.67 Å². The van der Waals surface area contributed by atoms with E-state index in [2.05, 4.69) is 29.7 Å². The summed E-state index contributed by atoms with van der Waals surface area (Å²) < 4.78 is 9.83. The van der Waals surface area contributed by atoms with Crippen molar-refractivity contribution in [2.75, 3.05) is 6.61 Å². The van der Waals surface area contributed by atoms with Crippen LogP contribution in [-0.2, 0) is 4.74 Å². The first-order valence-electron chi connectivity index (χ1n) is 8.89. The van der Waals surface area contributed by atoms with Gasteiger partial charge in [-0.05, 0) is 32.0 Å². The van der Waals surface area contributed by atoms with E-state index in [9.17, 15) is 4.79 Å². The Labute approximate surface area is 154 Å². The molecule has 0 saturated carbocycles. The number of pyridine rings is 1. The number of fused-ring (bicyclic) bond motifs is 1. The third-order valence-corrected chi connectivity index (χ3v) is 6.21. The lowest BCUT2D eigenvalue weighted by molar-refractivity contribution is 0.0272. The van der Waals surface area contributed by atoms with Gasteiger partial charge in [0, 0.05) is 38.7 Å². The average molecular weight is 371 g/mol. The van der Waals surface area contributed by atoms with E-state index in [4.69, 9.17) is 4.74 Å². The predicted octanol–water partition coefficient (Wildman–Crippen LogP) is 4.22. The zero-order valence-corrected chi connectivity index (χ0v) is 17.1. The van der Waals surface area contributed by atoms with Crippen LogP contribution in [0.25, 0.3) is 16.7 Å². The van der Waals surface area contributed by atoms with Crippen molar-refractivity contribution in [3.05, 3.63) is 42.0 Å². The second-order valence-electron chi connectivity index (χ2n) is 7.80. The minimum atomic E-state index is -1.11. The third kappa shape index (κ3) is 3.78. The molecular formula is C19H26N4O2Si. The molecular weight excluding hydrogens is 344 g/mol. The molecule has 3 heterocycles. The molecule has 0 fully saturated rings. The van der Waals surface area contributed by atoms with Crippen molar-refractivity contribution in [1.82, 2.24) is 19.3 Å². The summed E-state index contributed by atoms with van der Waals surface area (Å²) in [6.07, 6.45) is 6.26. The normalized spacial score (nSPS) is 13.3. The molecule has 0 radical (unpaired) electrons. The number of aldehydes is 1. The second kappa shape index (κ2) is 7.17. The van der Waals surface area contributed by atoms with Gasteiger partial charge in [0.2, 0.25) is 0 Å². The highest BCUT2D eigenvalue weighted by Crippen LogP contribution is 2.25. The number of ether oxygens (including phenoxy) is 1. The fraction of sp³-hybridized carbons (Fsp3) is 0.421. The maximum absolute atomic E-state index is 11.1. The molecule has 0 aliphatic rings. The molecule has 138 valence electrons. The van der Waals surface area contributed by atoms with Crippen molar-refractivity contribution in [3.63, 3.8) is 0 Å². The Morgan fingerprint density at radius 3 is 2.73 bits per heavy atom. The van der Waals surface area contributed by atoms with Gasteiger partial charge in [-0.2, -0.15) is 5.10 Å². The zero-order valence-electron chi connectivity index (χ0n) is 16.1. The standard InChI is InChI=1S/C19H26N4O2Si/c1-14-16(13-24)12-23(21-14)18-6-8-20-19-17(18)7-9-22(19)15(2)25-10-11-26(3,4)5/h6-9,12-13,15H,10-11H2,1-5H3. The second-order valence-corrected chi connectivity index (χ2v) is 13.4. The van der Waals surface area contributed by atoms with Crippen LogP contribution in [0.2, 0.25) is 25.7 Å². The van der Waals surface area contributed by atoms with Crippen molar-refractivity contribution in [2.24, 2.45) is 0 Å². The molecule has 0 aromatic carbocycles. The molecule has 0 bridgehead atoms. The van der Waals surface area contributed by atoms with Crippen LogP contribution >= 0.6 is 0 Å². The van der Waals surface area contributed by atoms with Crippen molar-refractivity contribution in [3.8, 4) is 5.69 Å². The molecule has 0 aliphatic carbocycles. The molecule has 3 aromatic rings. The Morgan fingerprint density at radius 1 is 1.31 bits per heavy atom. The van der Waals surface area contributed by atoms with Crippen LogP contribution in [0.4, 0.5) is 0 Å². The predicted molar refractivity (Wildman–Crippen MR) is 106 cm³/mol. The van der Waals surface area contributed by atoms with E-state index in [0.717, 1.165) is 35.7 Å². The van der Waals surface area contributed by atoms with Crippen LogP contribution in [0.3, 0.4) is 0 Å². The molecule has 3 aromatic heterocycles. The lowest BCUT2D eigenvalue weighted by atomic mass is 10.3.